The van der Waals surface area contributed by atoms with Crippen molar-refractivity contribution in [2.24, 2.45) is 0 Å². The second-order valence-corrected chi connectivity index (χ2v) is 4.81. The highest BCUT2D eigenvalue weighted by Crippen LogP contribution is 2.28. The number of methoxy groups -OCH3 is 1. The smallest absolute Gasteiger partial charge is 0.258 e. The normalized spacial score (nSPS) is 13.2. The molecule has 4 nitrogen and oxygen atoms in total. The quantitative estimate of drug-likeness (QED) is 0.911. The van der Waals surface area contributed by atoms with Gasteiger partial charge in [0.15, 0.2) is 0 Å². The third kappa shape index (κ3) is 2.09. The van der Waals surface area contributed by atoms with Crippen molar-refractivity contribution >= 4 is 5.91 Å². The fraction of sp³-hybridized carbons (Fsp3) is 0.188. The van der Waals surface area contributed by atoms with Crippen molar-refractivity contribution in [1.82, 2.24) is 4.90 Å². The molecule has 1 aliphatic heterocycles. The Morgan fingerprint density at radius 3 is 2.35 bits per heavy atom. The van der Waals surface area contributed by atoms with E-state index in [2.05, 4.69) is 0 Å². The van der Waals surface area contributed by atoms with E-state index in [9.17, 15) is 9.90 Å². The zero-order valence-electron chi connectivity index (χ0n) is 11.2. The molecule has 0 aromatic heterocycles. The van der Waals surface area contributed by atoms with Crippen LogP contribution in [0.5, 0.6) is 11.5 Å². The first kappa shape index (κ1) is 12.5. The molecule has 0 saturated heterocycles. The maximum atomic E-state index is 12.5. The monoisotopic (exact) mass is 269 g/mol. The Bertz CT molecular complexity index is 642. The number of phenols is 1. The fourth-order valence-electron chi connectivity index (χ4n) is 2.47. The molecule has 3 rings (SSSR count). The van der Waals surface area contributed by atoms with Gasteiger partial charge in [-0.2, -0.15) is 0 Å². The Kier molecular flexibility index (Phi) is 3.06. The van der Waals surface area contributed by atoms with E-state index in [1.54, 1.807) is 17.0 Å². The molecule has 2 aromatic rings. The number of phenolic OH excluding ortho intramolecular Hbond substituents is 1. The Balaban J connectivity index is 1.85. The largest absolute Gasteiger partial charge is 0.507 e. The average Bonchev–Trinajstić information content (AvgIpc) is 2.90. The molecule has 0 aliphatic carbocycles. The number of fused-ring (bicyclic) bond motifs is 1. The fourth-order valence-corrected chi connectivity index (χ4v) is 2.47. The lowest BCUT2D eigenvalue weighted by molar-refractivity contribution is 0.0748. The first-order chi connectivity index (χ1) is 9.69. The van der Waals surface area contributed by atoms with Crippen LogP contribution in [0.15, 0.2) is 42.5 Å². The van der Waals surface area contributed by atoms with Gasteiger partial charge in [-0.3, -0.25) is 4.79 Å². The summed E-state index contributed by atoms with van der Waals surface area (Å²) < 4.78 is 5.02. The lowest BCUT2D eigenvalue weighted by atomic mass is 10.1. The minimum atomic E-state index is -0.165. The number of rotatable bonds is 2. The van der Waals surface area contributed by atoms with E-state index in [4.69, 9.17) is 4.74 Å². The number of amides is 1. The third-order valence-electron chi connectivity index (χ3n) is 3.56. The van der Waals surface area contributed by atoms with Crippen LogP contribution in [0.2, 0.25) is 0 Å². The summed E-state index contributed by atoms with van der Waals surface area (Å²) in [6.45, 7) is 1.17. The number of carbonyl (C=O) groups is 1. The Hall–Kier alpha value is -2.49. The average molecular weight is 269 g/mol. The number of benzene rings is 2. The van der Waals surface area contributed by atoms with Gasteiger partial charge in [0, 0.05) is 19.2 Å². The van der Waals surface area contributed by atoms with Crippen molar-refractivity contribution in [1.29, 1.82) is 0 Å². The molecular formula is C16H15NO3. The van der Waals surface area contributed by atoms with Crippen LogP contribution in [0.1, 0.15) is 21.5 Å². The number of carbonyl (C=O) groups excluding carboxylic acids is 1. The molecule has 1 amide bonds. The van der Waals surface area contributed by atoms with E-state index in [1.165, 1.54) is 13.2 Å². The predicted octanol–water partition coefficient (Wildman–Crippen LogP) is 2.56. The zero-order chi connectivity index (χ0) is 14.1. The first-order valence-corrected chi connectivity index (χ1v) is 6.42. The van der Waals surface area contributed by atoms with Crippen molar-refractivity contribution in [3.05, 3.63) is 59.2 Å². The summed E-state index contributed by atoms with van der Waals surface area (Å²) >= 11 is 0. The van der Waals surface area contributed by atoms with Crippen LogP contribution in [-0.2, 0) is 13.1 Å². The van der Waals surface area contributed by atoms with Gasteiger partial charge in [-0.1, -0.05) is 24.3 Å². The van der Waals surface area contributed by atoms with Crippen LogP contribution in [0, 0.1) is 0 Å². The molecule has 102 valence electrons. The minimum absolute atomic E-state index is 0.0506. The van der Waals surface area contributed by atoms with Gasteiger partial charge in [0.05, 0.1) is 12.7 Å². The number of nitrogens with zero attached hydrogens (tertiary/aromatic N) is 1. The lowest BCUT2D eigenvalue weighted by Crippen LogP contribution is -2.25. The van der Waals surface area contributed by atoms with Gasteiger partial charge < -0.3 is 14.7 Å². The predicted molar refractivity (Wildman–Crippen MR) is 74.7 cm³/mol. The number of ether oxygens (including phenoxy) is 1. The molecule has 0 radical (unpaired) electrons. The SMILES string of the molecule is COc1ccc(C(=O)N2Cc3ccccc3C2)c(O)c1. The first-order valence-electron chi connectivity index (χ1n) is 6.42. The molecule has 20 heavy (non-hydrogen) atoms. The molecule has 4 heteroatoms. The molecule has 0 atom stereocenters. The van der Waals surface area contributed by atoms with Gasteiger partial charge in [-0.05, 0) is 23.3 Å². The van der Waals surface area contributed by atoms with Crippen molar-refractivity contribution in [3.8, 4) is 11.5 Å². The highest BCUT2D eigenvalue weighted by Gasteiger charge is 2.25. The summed E-state index contributed by atoms with van der Waals surface area (Å²) in [6.07, 6.45) is 0. The topological polar surface area (TPSA) is 49.8 Å². The highest BCUT2D eigenvalue weighted by atomic mass is 16.5. The Morgan fingerprint density at radius 2 is 1.80 bits per heavy atom. The van der Waals surface area contributed by atoms with Crippen molar-refractivity contribution in [3.63, 3.8) is 0 Å². The summed E-state index contributed by atoms with van der Waals surface area (Å²) in [6, 6.07) is 12.7. The second kappa shape index (κ2) is 4.89. The molecule has 1 heterocycles. The zero-order valence-corrected chi connectivity index (χ0v) is 11.2. The van der Waals surface area contributed by atoms with Crippen molar-refractivity contribution in [2.75, 3.05) is 7.11 Å². The van der Waals surface area contributed by atoms with E-state index in [-0.39, 0.29) is 11.7 Å². The van der Waals surface area contributed by atoms with Crippen LogP contribution in [0.4, 0.5) is 0 Å². The van der Waals surface area contributed by atoms with Gasteiger partial charge >= 0.3 is 0 Å². The molecular weight excluding hydrogens is 254 g/mol. The van der Waals surface area contributed by atoms with Crippen molar-refractivity contribution < 1.29 is 14.6 Å². The van der Waals surface area contributed by atoms with Crippen molar-refractivity contribution in [2.45, 2.75) is 13.1 Å². The molecule has 0 bridgehead atoms. The molecule has 0 unspecified atom stereocenters. The van der Waals surface area contributed by atoms with Crippen LogP contribution in [0.3, 0.4) is 0 Å². The van der Waals surface area contributed by atoms with E-state index < -0.39 is 0 Å². The maximum Gasteiger partial charge on any atom is 0.258 e. The minimum Gasteiger partial charge on any atom is -0.507 e. The Labute approximate surface area is 117 Å². The number of hydrogen-bond acceptors (Lipinski definition) is 3. The van der Waals surface area contributed by atoms with E-state index >= 15 is 0 Å². The maximum absolute atomic E-state index is 12.5. The van der Waals surface area contributed by atoms with Gasteiger partial charge in [-0.25, -0.2) is 0 Å². The van der Waals surface area contributed by atoms with E-state index in [1.807, 2.05) is 24.3 Å². The molecule has 0 saturated carbocycles. The van der Waals surface area contributed by atoms with Gasteiger partial charge in [0.2, 0.25) is 0 Å². The standard InChI is InChI=1S/C16H15NO3/c1-20-13-6-7-14(15(18)8-13)16(19)17-9-11-4-2-3-5-12(11)10-17/h2-8,18H,9-10H2,1H3. The number of hydrogen-bond donors (Lipinski definition) is 1. The number of aromatic hydroxyl groups is 1. The van der Waals surface area contributed by atoms with Gasteiger partial charge in [0.25, 0.3) is 5.91 Å². The molecule has 1 N–H and O–H groups in total. The summed E-state index contributed by atoms with van der Waals surface area (Å²) in [4.78, 5) is 14.2. The lowest BCUT2D eigenvalue weighted by Gasteiger charge is -2.16. The molecule has 2 aromatic carbocycles. The second-order valence-electron chi connectivity index (χ2n) is 4.81. The summed E-state index contributed by atoms with van der Waals surface area (Å²) in [5.41, 5.74) is 2.63. The van der Waals surface area contributed by atoms with Crippen LogP contribution in [0.25, 0.3) is 0 Å². The Morgan fingerprint density at radius 1 is 1.15 bits per heavy atom. The molecule has 0 fully saturated rings. The summed E-state index contributed by atoms with van der Waals surface area (Å²) in [5.74, 6) is 0.315. The van der Waals surface area contributed by atoms with E-state index in [0.29, 0.717) is 24.4 Å². The van der Waals surface area contributed by atoms with Gasteiger partial charge in [0.1, 0.15) is 11.5 Å². The summed E-state index contributed by atoms with van der Waals surface area (Å²) in [7, 11) is 1.52. The molecule has 1 aliphatic rings. The van der Waals surface area contributed by atoms with Crippen LogP contribution < -0.4 is 4.74 Å². The van der Waals surface area contributed by atoms with Gasteiger partial charge in [-0.15, -0.1) is 0 Å². The van der Waals surface area contributed by atoms with E-state index in [0.717, 1.165) is 11.1 Å². The highest BCUT2D eigenvalue weighted by molar-refractivity contribution is 5.97. The molecule has 0 spiro atoms. The van der Waals surface area contributed by atoms with Crippen LogP contribution in [-0.4, -0.2) is 23.0 Å². The third-order valence-corrected chi connectivity index (χ3v) is 3.56. The van der Waals surface area contributed by atoms with Crippen LogP contribution >= 0.6 is 0 Å². The summed E-state index contributed by atoms with van der Waals surface area (Å²) in [5, 5.41) is 9.94.